The minimum absolute atomic E-state index is 0.0311. The molecule has 1 atom stereocenters. The molecule has 3 heteroatoms. The molecule has 1 N–H and O–H groups in total. The number of hydrogen-bond acceptors (Lipinski definition) is 2. The lowest BCUT2D eigenvalue weighted by molar-refractivity contribution is -0.132. The van der Waals surface area contributed by atoms with Gasteiger partial charge in [-0.1, -0.05) is 6.08 Å². The summed E-state index contributed by atoms with van der Waals surface area (Å²) in [6.07, 6.45) is 4.50. The maximum atomic E-state index is 11.0. The molecule has 0 spiro atoms. The first-order valence-corrected chi connectivity index (χ1v) is 3.83. The van der Waals surface area contributed by atoms with Crippen molar-refractivity contribution in [3.63, 3.8) is 0 Å². The Morgan fingerprint density at radius 1 is 1.45 bits per heavy atom. The van der Waals surface area contributed by atoms with Crippen molar-refractivity contribution < 1.29 is 9.59 Å². The van der Waals surface area contributed by atoms with Gasteiger partial charge < -0.3 is 0 Å². The Bertz CT molecular complexity index is 255. The summed E-state index contributed by atoms with van der Waals surface area (Å²) in [5.74, 6) is -0.346. The molecule has 11 heavy (non-hydrogen) atoms. The molecule has 2 bridgehead atoms. The molecule has 2 amide bonds. The van der Waals surface area contributed by atoms with Crippen molar-refractivity contribution in [2.75, 3.05) is 0 Å². The first-order valence-electron chi connectivity index (χ1n) is 3.83. The van der Waals surface area contributed by atoms with E-state index < -0.39 is 0 Å². The van der Waals surface area contributed by atoms with Crippen molar-refractivity contribution in [1.29, 1.82) is 0 Å². The molecule has 1 unspecified atom stereocenters. The topological polar surface area (TPSA) is 46.2 Å². The number of nitrogens with one attached hydrogen (secondary N) is 1. The van der Waals surface area contributed by atoms with E-state index in [1.807, 2.05) is 6.08 Å². The molecule has 2 aliphatic rings. The van der Waals surface area contributed by atoms with E-state index in [1.165, 1.54) is 0 Å². The van der Waals surface area contributed by atoms with Crippen LogP contribution in [0.2, 0.25) is 0 Å². The van der Waals surface area contributed by atoms with Crippen LogP contribution in [-0.4, -0.2) is 11.8 Å². The van der Waals surface area contributed by atoms with Gasteiger partial charge in [-0.25, -0.2) is 0 Å². The molecule has 0 aromatic carbocycles. The van der Waals surface area contributed by atoms with Gasteiger partial charge in [0.25, 0.3) is 5.91 Å². The highest BCUT2D eigenvalue weighted by molar-refractivity contribution is 6.08. The summed E-state index contributed by atoms with van der Waals surface area (Å²) in [4.78, 5) is 22.1. The summed E-state index contributed by atoms with van der Waals surface area (Å²) in [7, 11) is 0. The van der Waals surface area contributed by atoms with E-state index in [0.29, 0.717) is 0 Å². The van der Waals surface area contributed by atoms with E-state index in [1.54, 1.807) is 0 Å². The summed E-state index contributed by atoms with van der Waals surface area (Å²) in [6.45, 7) is 0. The average molecular weight is 151 g/mol. The number of carbonyl (C=O) groups is 2. The highest BCUT2D eigenvalue weighted by Crippen LogP contribution is 2.26. The van der Waals surface area contributed by atoms with Crippen LogP contribution in [0.5, 0.6) is 0 Å². The quantitative estimate of drug-likeness (QED) is 0.508. The highest BCUT2D eigenvalue weighted by Gasteiger charge is 2.29. The summed E-state index contributed by atoms with van der Waals surface area (Å²) < 4.78 is 0. The first-order chi connectivity index (χ1) is 5.27. The molecule has 0 fully saturated rings. The van der Waals surface area contributed by atoms with Crippen LogP contribution >= 0.6 is 0 Å². The molecule has 0 aromatic heterocycles. The molecule has 58 valence electrons. The lowest BCUT2D eigenvalue weighted by Crippen LogP contribution is -2.41. The summed E-state index contributed by atoms with van der Waals surface area (Å²) in [5.41, 5.74) is 0.792. The molecule has 0 saturated carbocycles. The average Bonchev–Trinajstić information content (AvgIpc) is 2.02. The van der Waals surface area contributed by atoms with Crippen molar-refractivity contribution in [3.8, 4) is 0 Å². The Kier molecular flexibility index (Phi) is 1.31. The molecule has 2 rings (SSSR count). The Morgan fingerprint density at radius 3 is 3.09 bits per heavy atom. The molecule has 0 saturated heterocycles. The van der Waals surface area contributed by atoms with Gasteiger partial charge in [0.1, 0.15) is 0 Å². The van der Waals surface area contributed by atoms with Gasteiger partial charge in [-0.15, -0.1) is 0 Å². The van der Waals surface area contributed by atoms with Crippen molar-refractivity contribution in [2.24, 2.45) is 5.92 Å². The zero-order valence-electron chi connectivity index (χ0n) is 6.09. The van der Waals surface area contributed by atoms with Crippen LogP contribution in [0.4, 0.5) is 0 Å². The van der Waals surface area contributed by atoms with E-state index in [0.717, 1.165) is 24.8 Å². The van der Waals surface area contributed by atoms with Crippen molar-refractivity contribution in [2.45, 2.75) is 19.3 Å². The third-order valence-electron chi connectivity index (χ3n) is 2.23. The zero-order chi connectivity index (χ0) is 7.84. The second kappa shape index (κ2) is 2.19. The fourth-order valence-electron chi connectivity index (χ4n) is 1.60. The Morgan fingerprint density at radius 2 is 2.27 bits per heavy atom. The maximum absolute atomic E-state index is 11.0. The van der Waals surface area contributed by atoms with Crippen LogP contribution in [0.25, 0.3) is 0 Å². The maximum Gasteiger partial charge on any atom is 0.253 e. The van der Waals surface area contributed by atoms with Gasteiger partial charge in [0.05, 0.1) is 5.92 Å². The van der Waals surface area contributed by atoms with Crippen LogP contribution in [-0.2, 0) is 9.59 Å². The number of fused-ring (bicyclic) bond motifs is 1. The number of hydrogen-bond donors (Lipinski definition) is 1. The van der Waals surface area contributed by atoms with Gasteiger partial charge in [0.15, 0.2) is 0 Å². The minimum Gasteiger partial charge on any atom is -0.292 e. The SMILES string of the molecule is O=C1NC(=O)C2C=C1CCC2. The Labute approximate surface area is 64.5 Å². The molecule has 0 aromatic rings. The summed E-state index contributed by atoms with van der Waals surface area (Å²) in [6, 6.07) is 0. The smallest absolute Gasteiger partial charge is 0.253 e. The van der Waals surface area contributed by atoms with E-state index in [-0.39, 0.29) is 17.7 Å². The number of carbonyl (C=O) groups excluding carboxylic acids is 2. The monoisotopic (exact) mass is 151 g/mol. The van der Waals surface area contributed by atoms with Gasteiger partial charge >= 0.3 is 0 Å². The van der Waals surface area contributed by atoms with Gasteiger partial charge in [-0.3, -0.25) is 14.9 Å². The number of rotatable bonds is 0. The second-order valence-electron chi connectivity index (χ2n) is 3.01. The molecule has 0 radical (unpaired) electrons. The number of imide groups is 1. The zero-order valence-corrected chi connectivity index (χ0v) is 6.09. The summed E-state index contributed by atoms with van der Waals surface area (Å²) >= 11 is 0. The van der Waals surface area contributed by atoms with E-state index >= 15 is 0 Å². The van der Waals surface area contributed by atoms with Crippen molar-refractivity contribution in [3.05, 3.63) is 11.6 Å². The normalized spacial score (nSPS) is 29.5. The molecule has 1 aliphatic heterocycles. The van der Waals surface area contributed by atoms with Gasteiger partial charge in [-0.2, -0.15) is 0 Å². The Balaban J connectivity index is 2.35. The van der Waals surface area contributed by atoms with Crippen LogP contribution in [0.15, 0.2) is 11.6 Å². The van der Waals surface area contributed by atoms with E-state index in [9.17, 15) is 9.59 Å². The molecular formula is C8H9NO2. The fourth-order valence-corrected chi connectivity index (χ4v) is 1.60. The molecule has 1 aliphatic carbocycles. The second-order valence-corrected chi connectivity index (χ2v) is 3.01. The standard InChI is InChI=1S/C8H9NO2/c10-7-5-2-1-3-6(4-5)8(11)9-7/h4-5H,1-3H2,(H,9,10,11). The lowest BCUT2D eigenvalue weighted by Gasteiger charge is -2.24. The lowest BCUT2D eigenvalue weighted by atomic mass is 9.87. The third kappa shape index (κ3) is 0.964. The van der Waals surface area contributed by atoms with Gasteiger partial charge in [-0.05, 0) is 19.3 Å². The fraction of sp³-hybridized carbons (Fsp3) is 0.500. The largest absolute Gasteiger partial charge is 0.292 e. The molecule has 3 nitrogen and oxygen atoms in total. The first kappa shape index (κ1) is 6.58. The predicted molar refractivity (Wildman–Crippen MR) is 38.6 cm³/mol. The van der Waals surface area contributed by atoms with Gasteiger partial charge in [0.2, 0.25) is 5.91 Å². The van der Waals surface area contributed by atoms with Gasteiger partial charge in [0, 0.05) is 5.57 Å². The van der Waals surface area contributed by atoms with Crippen LogP contribution in [0, 0.1) is 5.92 Å². The molecular weight excluding hydrogens is 142 g/mol. The van der Waals surface area contributed by atoms with Crippen molar-refractivity contribution in [1.82, 2.24) is 5.32 Å². The van der Waals surface area contributed by atoms with Crippen LogP contribution in [0.1, 0.15) is 19.3 Å². The summed E-state index contributed by atoms with van der Waals surface area (Å²) in [5, 5.41) is 2.34. The van der Waals surface area contributed by atoms with E-state index in [4.69, 9.17) is 0 Å². The number of amides is 2. The highest BCUT2D eigenvalue weighted by atomic mass is 16.2. The van der Waals surface area contributed by atoms with Crippen LogP contribution in [0.3, 0.4) is 0 Å². The Hall–Kier alpha value is -1.12. The van der Waals surface area contributed by atoms with E-state index in [2.05, 4.69) is 5.32 Å². The minimum atomic E-state index is -0.189. The predicted octanol–water partition coefficient (Wildman–Crippen LogP) is 0.369. The third-order valence-corrected chi connectivity index (χ3v) is 2.23. The molecule has 1 heterocycles. The van der Waals surface area contributed by atoms with Crippen molar-refractivity contribution >= 4 is 11.8 Å². The van der Waals surface area contributed by atoms with Crippen LogP contribution < -0.4 is 5.32 Å².